The predicted octanol–water partition coefficient (Wildman–Crippen LogP) is 2.16. The van der Waals surface area contributed by atoms with E-state index in [0.29, 0.717) is 41.2 Å². The number of nitrogens with one attached hydrogen (secondary N) is 3. The first-order chi connectivity index (χ1) is 13.7. The Morgan fingerprint density at radius 2 is 2.14 bits per heavy atom. The molecule has 1 amide bonds. The van der Waals surface area contributed by atoms with Gasteiger partial charge >= 0.3 is 0 Å². The normalized spacial score (nSPS) is 16.7. The first-order valence-corrected chi connectivity index (χ1v) is 9.30. The van der Waals surface area contributed by atoms with Crippen LogP contribution in [0.25, 0.3) is 5.65 Å². The number of aromatic nitrogens is 4. The van der Waals surface area contributed by atoms with Gasteiger partial charge in [-0.3, -0.25) is 4.79 Å². The number of anilines is 3. The van der Waals surface area contributed by atoms with Gasteiger partial charge in [0, 0.05) is 38.4 Å². The number of hydrogen-bond donors (Lipinski definition) is 3. The zero-order chi connectivity index (χ0) is 19.5. The Labute approximate surface area is 162 Å². The monoisotopic (exact) mass is 381 g/mol. The zero-order valence-electron chi connectivity index (χ0n) is 15.9. The summed E-state index contributed by atoms with van der Waals surface area (Å²) in [6.45, 7) is 1.53. The van der Waals surface area contributed by atoms with Gasteiger partial charge in [-0.1, -0.05) is 6.07 Å². The van der Waals surface area contributed by atoms with E-state index in [1.165, 1.54) is 6.20 Å². The zero-order valence-corrected chi connectivity index (χ0v) is 15.9. The fraction of sp³-hybridized carbons (Fsp3) is 0.368. The molecule has 1 aliphatic heterocycles. The molecule has 0 unspecified atom stereocenters. The number of ether oxygens (including phenoxy) is 1. The molecule has 0 bridgehead atoms. The van der Waals surface area contributed by atoms with E-state index in [0.717, 1.165) is 25.1 Å². The van der Waals surface area contributed by atoms with Gasteiger partial charge in [-0.05, 0) is 25.0 Å². The highest BCUT2D eigenvalue weighted by molar-refractivity contribution is 5.99. The molecule has 1 saturated heterocycles. The second-order valence-corrected chi connectivity index (χ2v) is 6.64. The van der Waals surface area contributed by atoms with Crippen LogP contribution in [0.4, 0.5) is 17.5 Å². The van der Waals surface area contributed by atoms with Crippen molar-refractivity contribution in [2.24, 2.45) is 0 Å². The second kappa shape index (κ2) is 7.81. The highest BCUT2D eigenvalue weighted by Gasteiger charge is 2.18. The van der Waals surface area contributed by atoms with Gasteiger partial charge in [-0.2, -0.15) is 9.61 Å². The van der Waals surface area contributed by atoms with E-state index in [4.69, 9.17) is 9.72 Å². The van der Waals surface area contributed by atoms with Crippen LogP contribution < -0.4 is 16.0 Å². The van der Waals surface area contributed by atoms with Crippen molar-refractivity contribution >= 4 is 29.0 Å². The molecule has 1 aliphatic rings. The smallest absolute Gasteiger partial charge is 0.256 e. The Balaban J connectivity index is 1.67. The molecule has 1 atom stereocenters. The van der Waals surface area contributed by atoms with Crippen molar-refractivity contribution in [2.75, 3.05) is 37.9 Å². The first-order valence-electron chi connectivity index (χ1n) is 9.30. The fourth-order valence-electron chi connectivity index (χ4n) is 3.35. The Morgan fingerprint density at radius 3 is 2.89 bits per heavy atom. The molecule has 28 heavy (non-hydrogen) atoms. The van der Waals surface area contributed by atoms with Crippen LogP contribution in [-0.2, 0) is 4.74 Å². The predicted molar refractivity (Wildman–Crippen MR) is 106 cm³/mol. The van der Waals surface area contributed by atoms with Crippen LogP contribution >= 0.6 is 0 Å². The lowest BCUT2D eigenvalue weighted by molar-refractivity contribution is 0.0793. The van der Waals surface area contributed by atoms with Crippen LogP contribution in [0.1, 0.15) is 34.8 Å². The molecule has 9 heteroatoms. The highest BCUT2D eigenvalue weighted by atomic mass is 16.5. The van der Waals surface area contributed by atoms with Crippen molar-refractivity contribution in [1.82, 2.24) is 24.9 Å². The molecule has 4 heterocycles. The summed E-state index contributed by atoms with van der Waals surface area (Å²) in [6, 6.07) is 7.73. The number of hydrogen-bond acceptors (Lipinski definition) is 7. The van der Waals surface area contributed by atoms with Crippen LogP contribution in [0.5, 0.6) is 0 Å². The van der Waals surface area contributed by atoms with E-state index in [9.17, 15) is 4.79 Å². The minimum absolute atomic E-state index is 0.237. The van der Waals surface area contributed by atoms with E-state index in [2.05, 4.69) is 26.0 Å². The lowest BCUT2D eigenvalue weighted by atomic mass is 9.98. The third-order valence-corrected chi connectivity index (χ3v) is 4.80. The van der Waals surface area contributed by atoms with Crippen molar-refractivity contribution in [3.8, 4) is 0 Å². The molecule has 0 aromatic carbocycles. The summed E-state index contributed by atoms with van der Waals surface area (Å²) in [7, 11) is 3.37. The van der Waals surface area contributed by atoms with E-state index in [1.807, 2.05) is 24.3 Å². The van der Waals surface area contributed by atoms with Gasteiger partial charge in [0.1, 0.15) is 23.0 Å². The second-order valence-electron chi connectivity index (χ2n) is 6.64. The van der Waals surface area contributed by atoms with E-state index in [-0.39, 0.29) is 5.91 Å². The maximum absolute atomic E-state index is 12.1. The SMILES string of the molecule is CNC(=O)c1cnn2c(NC)cc(Nc3cccc([C@@H]4CCCOC4)n3)nc12. The molecule has 1 fully saturated rings. The van der Waals surface area contributed by atoms with Gasteiger partial charge < -0.3 is 20.7 Å². The number of fused-ring (bicyclic) bond motifs is 1. The fourth-order valence-corrected chi connectivity index (χ4v) is 3.35. The van der Waals surface area contributed by atoms with Crippen molar-refractivity contribution in [3.63, 3.8) is 0 Å². The largest absolute Gasteiger partial charge is 0.381 e. The number of carbonyl (C=O) groups excluding carboxylic acids is 1. The third kappa shape index (κ3) is 3.48. The maximum Gasteiger partial charge on any atom is 0.256 e. The van der Waals surface area contributed by atoms with Gasteiger partial charge in [0.05, 0.1) is 12.8 Å². The quantitative estimate of drug-likeness (QED) is 0.622. The number of pyridine rings is 1. The van der Waals surface area contributed by atoms with Crippen molar-refractivity contribution in [1.29, 1.82) is 0 Å². The van der Waals surface area contributed by atoms with Gasteiger partial charge in [0.15, 0.2) is 5.65 Å². The molecule has 3 N–H and O–H groups in total. The van der Waals surface area contributed by atoms with Gasteiger partial charge in [0.2, 0.25) is 0 Å². The van der Waals surface area contributed by atoms with Crippen LogP contribution in [0.3, 0.4) is 0 Å². The van der Waals surface area contributed by atoms with Crippen LogP contribution in [-0.4, -0.2) is 52.8 Å². The summed E-state index contributed by atoms with van der Waals surface area (Å²) in [5, 5.41) is 13.2. The maximum atomic E-state index is 12.1. The van der Waals surface area contributed by atoms with Gasteiger partial charge in [-0.25, -0.2) is 9.97 Å². The molecule has 0 radical (unpaired) electrons. The average Bonchev–Trinajstić information content (AvgIpc) is 3.17. The first kappa shape index (κ1) is 18.2. The van der Waals surface area contributed by atoms with Gasteiger partial charge in [0.25, 0.3) is 5.91 Å². The minimum atomic E-state index is -0.237. The molecule has 0 aliphatic carbocycles. The molecule has 3 aromatic rings. The summed E-state index contributed by atoms with van der Waals surface area (Å²) in [5.41, 5.74) is 1.88. The Bertz CT molecular complexity index is 995. The number of rotatable bonds is 5. The van der Waals surface area contributed by atoms with Crippen molar-refractivity contribution in [3.05, 3.63) is 41.7 Å². The molecular weight excluding hydrogens is 358 g/mol. The van der Waals surface area contributed by atoms with E-state index < -0.39 is 0 Å². The number of amides is 1. The topological polar surface area (TPSA) is 105 Å². The lowest BCUT2D eigenvalue weighted by Gasteiger charge is -2.22. The van der Waals surface area contributed by atoms with Crippen molar-refractivity contribution in [2.45, 2.75) is 18.8 Å². The minimum Gasteiger partial charge on any atom is -0.381 e. The standard InChI is InChI=1S/C19H23N7O2/c1-20-17-9-16(25-18-13(19(27)21-2)10-22-26(17)18)24-15-7-3-6-14(23-15)12-5-4-8-28-11-12/h3,6-7,9-10,12,20H,4-5,8,11H2,1-2H3,(H,21,27)(H,23,24,25)/t12-/m1/s1. The molecule has 3 aromatic heterocycles. The summed E-state index contributed by atoms with van der Waals surface area (Å²) in [6.07, 6.45) is 3.64. The Morgan fingerprint density at radius 1 is 1.25 bits per heavy atom. The van der Waals surface area contributed by atoms with Crippen molar-refractivity contribution < 1.29 is 9.53 Å². The highest BCUT2D eigenvalue weighted by Crippen LogP contribution is 2.26. The average molecular weight is 381 g/mol. The Hall–Kier alpha value is -3.20. The van der Waals surface area contributed by atoms with Crippen LogP contribution in [0.15, 0.2) is 30.5 Å². The van der Waals surface area contributed by atoms with Crippen LogP contribution in [0, 0.1) is 0 Å². The summed E-state index contributed by atoms with van der Waals surface area (Å²) < 4.78 is 7.18. The summed E-state index contributed by atoms with van der Waals surface area (Å²) >= 11 is 0. The third-order valence-electron chi connectivity index (χ3n) is 4.80. The number of nitrogens with zero attached hydrogens (tertiary/aromatic N) is 4. The summed E-state index contributed by atoms with van der Waals surface area (Å²) in [5.74, 6) is 2.06. The van der Waals surface area contributed by atoms with E-state index >= 15 is 0 Å². The molecule has 0 saturated carbocycles. The lowest BCUT2D eigenvalue weighted by Crippen LogP contribution is -2.18. The van der Waals surface area contributed by atoms with Crippen LogP contribution in [0.2, 0.25) is 0 Å². The van der Waals surface area contributed by atoms with Gasteiger partial charge in [-0.15, -0.1) is 0 Å². The molecule has 9 nitrogen and oxygen atoms in total. The molecule has 146 valence electrons. The molecule has 4 rings (SSSR count). The summed E-state index contributed by atoms with van der Waals surface area (Å²) in [4.78, 5) is 21.4. The van der Waals surface area contributed by atoms with E-state index in [1.54, 1.807) is 18.6 Å². The molecule has 0 spiro atoms. The number of carbonyl (C=O) groups is 1. The Kier molecular flexibility index (Phi) is 5.07. The molecular formula is C19H23N7O2.